The van der Waals surface area contributed by atoms with Crippen LogP contribution in [0.25, 0.3) is 11.3 Å². The van der Waals surface area contributed by atoms with E-state index >= 15 is 0 Å². The first kappa shape index (κ1) is 19.0. The first-order chi connectivity index (χ1) is 15.2. The molecule has 4 aromatic rings. The number of hydrogen-bond donors (Lipinski definition) is 2. The third-order valence-corrected chi connectivity index (χ3v) is 5.31. The van der Waals surface area contributed by atoms with E-state index in [1.54, 1.807) is 6.20 Å². The van der Waals surface area contributed by atoms with Crippen molar-refractivity contribution in [1.82, 2.24) is 24.1 Å². The summed E-state index contributed by atoms with van der Waals surface area (Å²) in [4.78, 5) is 25.5. The average Bonchev–Trinajstić information content (AvgIpc) is 3.39. The predicted molar refractivity (Wildman–Crippen MR) is 120 cm³/mol. The lowest BCUT2D eigenvalue weighted by molar-refractivity contribution is -0.114. The van der Waals surface area contributed by atoms with Crippen LogP contribution in [0.3, 0.4) is 0 Å². The molecule has 0 radical (unpaired) electrons. The van der Waals surface area contributed by atoms with Gasteiger partial charge in [0.05, 0.1) is 18.5 Å². The summed E-state index contributed by atoms with van der Waals surface area (Å²) in [7, 11) is 0. The highest BCUT2D eigenvalue weighted by molar-refractivity contribution is 6.60. The Kier molecular flexibility index (Phi) is 4.91. The molecule has 4 aromatic heterocycles. The molecule has 1 aliphatic carbocycles. The topological polar surface area (TPSA) is 114 Å². The number of amides is 1. The molecular formula is C22H24N8O. The molecule has 9 heteroatoms. The Morgan fingerprint density at radius 3 is 2.90 bits per heavy atom. The number of nitrogens with two attached hydrogens (primary N) is 1. The smallest absolute Gasteiger partial charge is 0.273 e. The predicted octanol–water partition coefficient (Wildman–Crippen LogP) is 2.31. The summed E-state index contributed by atoms with van der Waals surface area (Å²) in [6.45, 7) is 0.680. The van der Waals surface area contributed by atoms with Crippen molar-refractivity contribution < 1.29 is 6.22 Å². The van der Waals surface area contributed by atoms with Gasteiger partial charge in [0.25, 0.3) is 5.91 Å². The lowest BCUT2D eigenvalue weighted by Crippen LogP contribution is -2.32. The summed E-state index contributed by atoms with van der Waals surface area (Å²) < 4.78 is 3.92. The molecule has 0 aromatic carbocycles. The third-order valence-electron chi connectivity index (χ3n) is 5.31. The second-order valence-corrected chi connectivity index (χ2v) is 7.63. The number of pyridine rings is 2. The van der Waals surface area contributed by atoms with E-state index in [1.807, 2.05) is 45.6 Å². The molecule has 31 heavy (non-hydrogen) atoms. The number of hydrazone groups is 1. The second-order valence-electron chi connectivity index (χ2n) is 7.63. The molecule has 1 fully saturated rings. The van der Waals surface area contributed by atoms with Gasteiger partial charge in [-0.25, -0.2) is 9.97 Å². The summed E-state index contributed by atoms with van der Waals surface area (Å²) in [6.07, 6.45) is 13.5. The zero-order valence-corrected chi connectivity index (χ0v) is 16.8. The fraction of sp³-hybridized carbons (Fsp3) is 0.227. The zero-order valence-electron chi connectivity index (χ0n) is 16.8. The molecule has 1 saturated carbocycles. The van der Waals surface area contributed by atoms with Crippen LogP contribution in [-0.2, 0) is 17.9 Å². The number of imidazole rings is 2. The molecular weight excluding hydrogens is 392 g/mol. The van der Waals surface area contributed by atoms with Crippen LogP contribution in [0.1, 0.15) is 37.0 Å². The first-order valence-corrected chi connectivity index (χ1v) is 10.1. The number of carbonyl (C=O) groups excluding carboxylic acids is 1. The molecule has 0 spiro atoms. The van der Waals surface area contributed by atoms with Gasteiger partial charge in [0.2, 0.25) is 0 Å². The molecule has 158 valence electrons. The Morgan fingerprint density at radius 1 is 1.19 bits per heavy atom. The average molecular weight is 416 g/mol. The van der Waals surface area contributed by atoms with Crippen LogP contribution < -0.4 is 11.2 Å². The zero-order chi connectivity index (χ0) is 21.2. The van der Waals surface area contributed by atoms with Crippen molar-refractivity contribution in [2.24, 2.45) is 15.9 Å². The van der Waals surface area contributed by atoms with Gasteiger partial charge in [-0.2, -0.15) is 5.10 Å². The van der Waals surface area contributed by atoms with E-state index in [0.717, 1.165) is 22.6 Å². The van der Waals surface area contributed by atoms with Crippen molar-refractivity contribution in [3.05, 3.63) is 72.1 Å². The molecule has 0 bridgehead atoms. The minimum Gasteiger partial charge on any atom is -0.346 e. The van der Waals surface area contributed by atoms with E-state index in [2.05, 4.69) is 37.6 Å². The Balaban J connectivity index is 0.00000245. The summed E-state index contributed by atoms with van der Waals surface area (Å²) in [6, 6.07) is 7.97. The molecule has 1 aliphatic rings. The first-order valence-electron chi connectivity index (χ1n) is 10.1. The monoisotopic (exact) mass is 416 g/mol. The van der Waals surface area contributed by atoms with Crippen molar-refractivity contribution in [2.75, 3.05) is 0 Å². The van der Waals surface area contributed by atoms with E-state index < -0.39 is 0 Å². The van der Waals surface area contributed by atoms with Gasteiger partial charge in [-0.05, 0) is 42.0 Å². The van der Waals surface area contributed by atoms with Gasteiger partial charge in [-0.3, -0.25) is 9.79 Å². The number of aliphatic imine (C=N–C) groups is 1. The third kappa shape index (κ3) is 4.16. The molecule has 0 atom stereocenters. The van der Waals surface area contributed by atoms with Crippen molar-refractivity contribution in [1.29, 1.82) is 0 Å². The number of hydrogen-bond acceptors (Lipinski definition) is 6. The van der Waals surface area contributed by atoms with Crippen LogP contribution in [0.5, 0.6) is 0 Å². The fourth-order valence-corrected chi connectivity index (χ4v) is 3.52. The number of carbonyl (C=O) groups is 1. The molecule has 9 nitrogen and oxygen atoms in total. The highest BCUT2D eigenvalue weighted by Crippen LogP contribution is 2.39. The maximum absolute atomic E-state index is 12.4. The van der Waals surface area contributed by atoms with Gasteiger partial charge in [-0.15, -0.1) is 0 Å². The minimum absolute atomic E-state index is 0. The minimum atomic E-state index is -0.388. The van der Waals surface area contributed by atoms with Crippen molar-refractivity contribution >= 4 is 29.1 Å². The molecule has 1 amide bonds. The van der Waals surface area contributed by atoms with Gasteiger partial charge < -0.3 is 20.0 Å². The van der Waals surface area contributed by atoms with Gasteiger partial charge >= 0.3 is 0 Å². The maximum Gasteiger partial charge on any atom is 0.273 e. The quantitative estimate of drug-likeness (QED) is 0.273. The van der Waals surface area contributed by atoms with E-state index in [-0.39, 0.29) is 13.0 Å². The fourth-order valence-electron chi connectivity index (χ4n) is 3.52. The standard InChI is InChI=1S/C22H22N8O.H2/c23-28-19(22(31)26-9-15-1-5-20-25-7-8-29(20)12-15)11-24-10-18-14-30-13-17(16-2-3-16)4-6-21(30)27-18;/h1,4-8,11-14,16H,2-3,9-10,23H2,(H,26,31);1H/b24-11?,28-19+;. The Bertz CT molecular complexity index is 1320. The van der Waals surface area contributed by atoms with Gasteiger partial charge in [0, 0.05) is 39.0 Å². The summed E-state index contributed by atoms with van der Waals surface area (Å²) in [5, 5.41) is 6.37. The molecule has 4 heterocycles. The molecule has 0 aliphatic heterocycles. The summed E-state index contributed by atoms with van der Waals surface area (Å²) in [5.41, 5.74) is 4.89. The molecule has 5 rings (SSSR count). The Hall–Kier alpha value is -4.01. The van der Waals surface area contributed by atoms with Crippen LogP contribution in [0, 0.1) is 0 Å². The molecule has 0 unspecified atom stereocenters. The van der Waals surface area contributed by atoms with E-state index in [0.29, 0.717) is 19.0 Å². The summed E-state index contributed by atoms with van der Waals surface area (Å²) >= 11 is 0. The number of fused-ring (bicyclic) bond motifs is 2. The number of aromatic nitrogens is 4. The van der Waals surface area contributed by atoms with Crippen LogP contribution in [-0.4, -0.2) is 36.6 Å². The molecule has 3 N–H and O–H groups in total. The van der Waals surface area contributed by atoms with Gasteiger partial charge in [-0.1, -0.05) is 12.1 Å². The maximum atomic E-state index is 12.4. The Labute approximate surface area is 179 Å². The van der Waals surface area contributed by atoms with Crippen LogP contribution >= 0.6 is 0 Å². The second kappa shape index (κ2) is 8.02. The lowest BCUT2D eigenvalue weighted by atomic mass is 10.2. The van der Waals surface area contributed by atoms with Crippen molar-refractivity contribution in [2.45, 2.75) is 31.8 Å². The highest BCUT2D eigenvalue weighted by Gasteiger charge is 2.23. The SMILES string of the molecule is N/N=C(\C=NCc1cn2cc(C3CC3)ccc2n1)C(=O)NCc1ccc2nccn2c1.[HH]. The van der Waals surface area contributed by atoms with E-state index in [4.69, 9.17) is 5.84 Å². The number of nitrogens with zero attached hydrogens (tertiary/aromatic N) is 6. The Morgan fingerprint density at radius 2 is 2.06 bits per heavy atom. The lowest BCUT2D eigenvalue weighted by Gasteiger charge is -2.05. The molecule has 0 saturated heterocycles. The normalized spacial score (nSPS) is 14.6. The van der Waals surface area contributed by atoms with Gasteiger partial charge in [0.1, 0.15) is 11.3 Å². The van der Waals surface area contributed by atoms with Crippen molar-refractivity contribution in [3.63, 3.8) is 0 Å². The van der Waals surface area contributed by atoms with E-state index in [9.17, 15) is 4.79 Å². The van der Waals surface area contributed by atoms with E-state index in [1.165, 1.54) is 24.6 Å². The number of rotatable bonds is 7. The van der Waals surface area contributed by atoms with Crippen LogP contribution in [0.2, 0.25) is 0 Å². The largest absolute Gasteiger partial charge is 0.346 e. The summed E-state index contributed by atoms with van der Waals surface area (Å²) in [5.74, 6) is 5.70. The van der Waals surface area contributed by atoms with Gasteiger partial charge in [0.15, 0.2) is 5.71 Å². The number of nitrogens with one attached hydrogen (secondary N) is 1. The van der Waals surface area contributed by atoms with Crippen LogP contribution in [0.4, 0.5) is 0 Å². The van der Waals surface area contributed by atoms with Crippen LogP contribution in [0.15, 0.2) is 65.3 Å². The van der Waals surface area contributed by atoms with Crippen molar-refractivity contribution in [3.8, 4) is 0 Å². The highest BCUT2D eigenvalue weighted by atomic mass is 16.1.